The molecule has 0 saturated heterocycles. The van der Waals surface area contributed by atoms with Gasteiger partial charge in [0.25, 0.3) is 0 Å². The molecule has 0 aliphatic carbocycles. The molecule has 8 heteroatoms. The molecule has 5 nitrogen and oxygen atoms in total. The van der Waals surface area contributed by atoms with E-state index in [9.17, 15) is 23.3 Å². The second kappa shape index (κ2) is 4.57. The molecular weight excluding hydrogens is 227 g/mol. The third kappa shape index (κ3) is 2.25. The van der Waals surface area contributed by atoms with Crippen LogP contribution >= 0.6 is 0 Å². The fourth-order valence-corrected chi connectivity index (χ4v) is 1.07. The minimum Gasteiger partial charge on any atom is -0.358 e. The van der Waals surface area contributed by atoms with E-state index in [1.54, 1.807) is 6.07 Å². The Morgan fingerprint density at radius 2 is 2.25 bits per heavy atom. The van der Waals surface area contributed by atoms with Gasteiger partial charge in [0.15, 0.2) is 0 Å². The Labute approximate surface area is 87.3 Å². The van der Waals surface area contributed by atoms with Crippen LogP contribution < -0.4 is 0 Å². The van der Waals surface area contributed by atoms with Crippen molar-refractivity contribution in [2.75, 3.05) is 0 Å². The topological polar surface area (TPSA) is 79.8 Å². The van der Waals surface area contributed by atoms with Gasteiger partial charge < -0.3 is 10.1 Å². The number of hydrogen-bond acceptors (Lipinski definition) is 4. The number of alkyl halides is 2. The van der Waals surface area contributed by atoms with Crippen LogP contribution in [0.25, 0.3) is 0 Å². The summed E-state index contributed by atoms with van der Waals surface area (Å²) in [5.74, 6) is -2.60. The van der Waals surface area contributed by atoms with Crippen molar-refractivity contribution < 1.29 is 18.1 Å². The summed E-state index contributed by atoms with van der Waals surface area (Å²) >= 11 is 0. The first-order valence-corrected chi connectivity index (χ1v) is 3.96. The van der Waals surface area contributed by atoms with Crippen molar-refractivity contribution in [3.63, 3.8) is 0 Å². The highest BCUT2D eigenvalue weighted by atomic mass is 19.3. The molecule has 0 bridgehead atoms. The van der Waals surface area contributed by atoms with Crippen molar-refractivity contribution in [2.24, 2.45) is 0 Å². The summed E-state index contributed by atoms with van der Waals surface area (Å²) in [6, 6.07) is 2.08. The Morgan fingerprint density at radius 1 is 1.62 bits per heavy atom. The molecule has 1 heterocycles. The minimum atomic E-state index is -3.09. The van der Waals surface area contributed by atoms with Crippen LogP contribution in [0.5, 0.6) is 0 Å². The molecule has 1 aromatic heterocycles. The van der Waals surface area contributed by atoms with Gasteiger partial charge in [-0.1, -0.05) is 0 Å². The largest absolute Gasteiger partial charge is 0.400 e. The normalized spacial score (nSPS) is 10.2. The van der Waals surface area contributed by atoms with Gasteiger partial charge in [-0.2, -0.15) is 9.65 Å². The first kappa shape index (κ1) is 11.9. The Bertz CT molecular complexity index is 470. The summed E-state index contributed by atoms with van der Waals surface area (Å²) < 4.78 is 37.8. The lowest BCUT2D eigenvalue weighted by molar-refractivity contribution is -0.392. The van der Waals surface area contributed by atoms with Gasteiger partial charge in [0.1, 0.15) is 0 Å². The molecular formula is C8H4F3N3O2. The zero-order chi connectivity index (χ0) is 12.3. The zero-order valence-electron chi connectivity index (χ0n) is 7.65. The predicted octanol–water partition coefficient (Wildman–Crippen LogP) is 2.13. The first-order valence-electron chi connectivity index (χ1n) is 3.96. The summed E-state index contributed by atoms with van der Waals surface area (Å²) in [5, 5.41) is 18.6. The van der Waals surface area contributed by atoms with Crippen LogP contribution in [0.3, 0.4) is 0 Å². The summed E-state index contributed by atoms with van der Waals surface area (Å²) in [6.07, 6.45) is -3.58. The third-order valence-electron chi connectivity index (χ3n) is 1.72. The van der Waals surface area contributed by atoms with E-state index in [0.717, 1.165) is 0 Å². The minimum absolute atomic E-state index is 0.347. The highest BCUT2D eigenvalue weighted by Crippen LogP contribution is 2.26. The fraction of sp³-hybridized carbons (Fsp3) is 0.250. The summed E-state index contributed by atoms with van der Waals surface area (Å²) in [6.45, 7) is 0. The molecule has 0 radical (unpaired) electrons. The molecule has 16 heavy (non-hydrogen) atoms. The van der Waals surface area contributed by atoms with Gasteiger partial charge >= 0.3 is 12.2 Å². The molecule has 0 spiro atoms. The average molecular weight is 231 g/mol. The van der Waals surface area contributed by atoms with Crippen molar-refractivity contribution in [1.82, 2.24) is 4.98 Å². The molecule has 0 aliphatic heterocycles. The second-order valence-corrected chi connectivity index (χ2v) is 2.73. The second-order valence-electron chi connectivity index (χ2n) is 2.73. The Kier molecular flexibility index (Phi) is 3.40. The molecule has 0 aliphatic rings. The number of aromatic nitrogens is 1. The van der Waals surface area contributed by atoms with Gasteiger partial charge in [-0.25, -0.2) is 8.78 Å². The Morgan fingerprint density at radius 3 is 2.69 bits per heavy atom. The highest BCUT2D eigenvalue weighted by Gasteiger charge is 2.27. The van der Waals surface area contributed by atoms with Gasteiger partial charge in [0.2, 0.25) is 11.5 Å². The molecule has 0 N–H and O–H groups in total. The van der Waals surface area contributed by atoms with Gasteiger partial charge in [0, 0.05) is 5.56 Å². The number of halogens is 3. The molecule has 0 saturated carbocycles. The molecule has 1 aromatic rings. The van der Waals surface area contributed by atoms with Gasteiger partial charge in [0.05, 0.1) is 12.5 Å². The van der Waals surface area contributed by atoms with E-state index in [1.807, 2.05) is 0 Å². The van der Waals surface area contributed by atoms with E-state index in [-0.39, 0.29) is 5.56 Å². The first-order chi connectivity index (χ1) is 7.47. The van der Waals surface area contributed by atoms with E-state index in [1.165, 1.54) is 0 Å². The Hall–Kier alpha value is -2.17. The van der Waals surface area contributed by atoms with Crippen LogP contribution in [0.4, 0.5) is 19.0 Å². The SMILES string of the molecule is N#CCc1cc(F)c([N+](=O)[O-])nc1C(F)F. The maximum absolute atomic E-state index is 13.0. The zero-order valence-corrected chi connectivity index (χ0v) is 7.65. The lowest BCUT2D eigenvalue weighted by atomic mass is 10.1. The molecule has 0 atom stereocenters. The molecule has 0 amide bonds. The van der Waals surface area contributed by atoms with Crippen LogP contribution in [0, 0.1) is 27.3 Å². The Balaban J connectivity index is 3.38. The number of nitrogens with zero attached hydrogens (tertiary/aromatic N) is 3. The van der Waals surface area contributed by atoms with Crippen LogP contribution in [-0.2, 0) is 6.42 Å². The number of nitriles is 1. The maximum Gasteiger partial charge on any atom is 0.400 e. The predicted molar refractivity (Wildman–Crippen MR) is 45.1 cm³/mol. The lowest BCUT2D eigenvalue weighted by Crippen LogP contribution is -2.05. The van der Waals surface area contributed by atoms with E-state index >= 15 is 0 Å². The average Bonchev–Trinajstić information content (AvgIpc) is 2.17. The number of nitro groups is 1. The van der Waals surface area contributed by atoms with Crippen molar-refractivity contribution in [1.29, 1.82) is 5.26 Å². The van der Waals surface area contributed by atoms with Crippen molar-refractivity contribution >= 4 is 5.82 Å². The number of hydrogen-bond donors (Lipinski definition) is 0. The third-order valence-corrected chi connectivity index (χ3v) is 1.72. The summed E-state index contributed by atoms with van der Waals surface area (Å²) in [4.78, 5) is 12.0. The van der Waals surface area contributed by atoms with Crippen LogP contribution in [-0.4, -0.2) is 9.91 Å². The monoisotopic (exact) mass is 231 g/mol. The fourth-order valence-electron chi connectivity index (χ4n) is 1.07. The standard InChI is InChI=1S/C8H4F3N3O2/c9-5-3-4(1-2-12)6(7(10)11)13-8(5)14(15)16/h3,7H,1H2. The van der Waals surface area contributed by atoms with Gasteiger partial charge in [-0.3, -0.25) is 0 Å². The summed E-state index contributed by atoms with van der Waals surface area (Å²) in [5.41, 5.74) is -1.28. The van der Waals surface area contributed by atoms with Gasteiger partial charge in [-0.05, 0) is 16.0 Å². The number of rotatable bonds is 3. The highest BCUT2D eigenvalue weighted by molar-refractivity contribution is 5.33. The smallest absolute Gasteiger partial charge is 0.358 e. The van der Waals surface area contributed by atoms with Crippen molar-refractivity contribution in [2.45, 2.75) is 12.8 Å². The quantitative estimate of drug-likeness (QED) is 0.589. The van der Waals surface area contributed by atoms with E-state index in [0.29, 0.717) is 6.07 Å². The number of pyridine rings is 1. The maximum atomic E-state index is 13.0. The van der Waals surface area contributed by atoms with E-state index in [2.05, 4.69) is 4.98 Å². The van der Waals surface area contributed by atoms with Crippen LogP contribution in [0.1, 0.15) is 17.7 Å². The van der Waals surface area contributed by atoms with Crippen molar-refractivity contribution in [3.8, 4) is 6.07 Å². The lowest BCUT2D eigenvalue weighted by Gasteiger charge is -2.01. The van der Waals surface area contributed by atoms with E-state index < -0.39 is 35.1 Å². The molecule has 0 fully saturated rings. The molecule has 1 rings (SSSR count). The van der Waals surface area contributed by atoms with Gasteiger partial charge in [-0.15, -0.1) is 0 Å². The van der Waals surface area contributed by atoms with Crippen molar-refractivity contribution in [3.05, 3.63) is 33.3 Å². The molecule has 84 valence electrons. The molecule has 0 unspecified atom stereocenters. The molecule has 0 aromatic carbocycles. The summed E-state index contributed by atoms with van der Waals surface area (Å²) in [7, 11) is 0. The van der Waals surface area contributed by atoms with Crippen LogP contribution in [0.2, 0.25) is 0 Å². The van der Waals surface area contributed by atoms with E-state index in [4.69, 9.17) is 5.26 Å². The van der Waals surface area contributed by atoms with Crippen LogP contribution in [0.15, 0.2) is 6.07 Å².